The Morgan fingerprint density at radius 1 is 0.475 bits per heavy atom. The van der Waals surface area contributed by atoms with Crippen molar-refractivity contribution in [2.75, 3.05) is 18.9 Å². The number of hydrogen-bond donors (Lipinski definition) is 1. The van der Waals surface area contributed by atoms with Crippen LogP contribution in [-0.2, 0) is 19.7 Å². The summed E-state index contributed by atoms with van der Waals surface area (Å²) < 4.78 is 70.1. The lowest BCUT2D eigenvalue weighted by Gasteiger charge is -2.17. The third-order valence-corrected chi connectivity index (χ3v) is 15.2. The van der Waals surface area contributed by atoms with Crippen LogP contribution >= 0.6 is 0 Å². The number of benzene rings is 4. The molecule has 61 heavy (non-hydrogen) atoms. The molecule has 0 radical (unpaired) electrons. The number of rotatable bonds is 28. The van der Waals surface area contributed by atoms with Gasteiger partial charge in [0.2, 0.25) is 19.7 Å². The summed E-state index contributed by atoms with van der Waals surface area (Å²) in [6.45, 7) is 9.14. The third-order valence-electron chi connectivity index (χ3n) is 11.5. The van der Waals surface area contributed by atoms with Crippen molar-refractivity contribution in [3.8, 4) is 11.5 Å². The molecule has 5 aromatic rings. The normalized spacial score (nSPS) is 12.1. The lowest BCUT2D eigenvalue weighted by Crippen LogP contribution is -2.12. The van der Waals surface area contributed by atoms with Crippen molar-refractivity contribution in [1.82, 2.24) is 9.97 Å². The standard InChI is InChI=1S/C50H69N3O6S2/c1-5-7-9-11-13-15-17-19-21-23-33-58-45-35-44-49(48(51)50(45)59-34-24-22-20-18-16-14-12-10-8-6-2)53-43-37-47(61(56,57)41-31-27-39(4)28-32-41)46(36-42(43)52-44)60(54,55)40-29-25-38(3)26-30-40/h25-32,35-37H,5-24,33-34,51H2,1-4H3. The highest BCUT2D eigenvalue weighted by Crippen LogP contribution is 2.41. The Kier molecular flexibility index (Phi) is 18.7. The second-order valence-corrected chi connectivity index (χ2v) is 20.5. The Balaban J connectivity index is 1.44. The van der Waals surface area contributed by atoms with E-state index in [4.69, 9.17) is 25.2 Å². The number of nitrogens with zero attached hydrogens (tertiary/aromatic N) is 2. The van der Waals surface area contributed by atoms with Gasteiger partial charge in [0.05, 0.1) is 49.3 Å². The molecule has 4 aromatic carbocycles. The van der Waals surface area contributed by atoms with Crippen molar-refractivity contribution in [3.05, 3.63) is 77.9 Å². The second kappa shape index (κ2) is 23.8. The molecule has 0 aliphatic heterocycles. The first-order chi connectivity index (χ1) is 29.5. The lowest BCUT2D eigenvalue weighted by molar-refractivity contribution is 0.260. The van der Waals surface area contributed by atoms with E-state index in [-0.39, 0.29) is 36.3 Å². The highest BCUT2D eigenvalue weighted by atomic mass is 32.2. The van der Waals surface area contributed by atoms with Crippen LogP contribution in [-0.4, -0.2) is 40.0 Å². The minimum atomic E-state index is -4.33. The molecule has 332 valence electrons. The number of hydrogen-bond acceptors (Lipinski definition) is 9. The first-order valence-corrected chi connectivity index (χ1v) is 25.9. The zero-order valence-corrected chi connectivity index (χ0v) is 38.8. The quantitative estimate of drug-likeness (QED) is 0.0296. The summed E-state index contributed by atoms with van der Waals surface area (Å²) in [6.07, 6.45) is 24.2. The van der Waals surface area contributed by atoms with Crippen LogP contribution in [0.15, 0.2) is 86.3 Å². The van der Waals surface area contributed by atoms with E-state index in [1.165, 1.54) is 126 Å². The fraction of sp³-hybridized carbons (Fsp3) is 0.520. The topological polar surface area (TPSA) is 139 Å². The summed E-state index contributed by atoms with van der Waals surface area (Å²) in [6, 6.07) is 17.1. The highest BCUT2D eigenvalue weighted by molar-refractivity contribution is 7.94. The molecule has 0 atom stereocenters. The summed E-state index contributed by atoms with van der Waals surface area (Å²) in [5.74, 6) is 0.864. The molecule has 11 heteroatoms. The van der Waals surface area contributed by atoms with Crippen LogP contribution in [0, 0.1) is 13.8 Å². The fourth-order valence-corrected chi connectivity index (χ4v) is 11.0. The van der Waals surface area contributed by atoms with E-state index >= 15 is 0 Å². The van der Waals surface area contributed by atoms with E-state index in [1.807, 2.05) is 13.8 Å². The summed E-state index contributed by atoms with van der Waals surface area (Å²) in [5.41, 5.74) is 9.97. The predicted molar refractivity (Wildman–Crippen MR) is 249 cm³/mol. The number of fused-ring (bicyclic) bond motifs is 2. The molecule has 0 saturated carbocycles. The van der Waals surface area contributed by atoms with E-state index < -0.39 is 19.7 Å². The zero-order chi connectivity index (χ0) is 43.7. The van der Waals surface area contributed by atoms with Crippen LogP contribution in [0.4, 0.5) is 5.69 Å². The molecule has 2 N–H and O–H groups in total. The average Bonchev–Trinajstić information content (AvgIpc) is 3.24. The number of unbranched alkanes of at least 4 members (excludes halogenated alkanes) is 18. The van der Waals surface area contributed by atoms with Crippen LogP contribution < -0.4 is 15.2 Å². The molecular formula is C50H69N3O6S2. The third kappa shape index (κ3) is 13.4. The van der Waals surface area contributed by atoms with E-state index in [2.05, 4.69) is 13.8 Å². The molecule has 9 nitrogen and oxygen atoms in total. The van der Waals surface area contributed by atoms with Gasteiger partial charge in [-0.3, -0.25) is 0 Å². The van der Waals surface area contributed by atoms with Gasteiger partial charge in [0.25, 0.3) is 0 Å². The zero-order valence-electron chi connectivity index (χ0n) is 37.1. The first kappa shape index (κ1) is 47.8. The number of aryl methyl sites for hydroxylation is 2. The Morgan fingerprint density at radius 3 is 1.28 bits per heavy atom. The van der Waals surface area contributed by atoms with Crippen LogP contribution in [0.3, 0.4) is 0 Å². The van der Waals surface area contributed by atoms with Crippen LogP contribution in [0.1, 0.15) is 153 Å². The van der Waals surface area contributed by atoms with Gasteiger partial charge in [-0.2, -0.15) is 0 Å². The number of anilines is 1. The SMILES string of the molecule is CCCCCCCCCCCCOc1cc2nc3cc(S(=O)(=O)c4ccc(C)cc4)c(S(=O)(=O)c4ccc(C)cc4)cc3nc2c(N)c1OCCCCCCCCCCCC. The molecule has 0 saturated heterocycles. The van der Waals surface area contributed by atoms with Crippen LogP contribution in [0.2, 0.25) is 0 Å². The molecule has 1 aromatic heterocycles. The monoisotopic (exact) mass is 871 g/mol. The van der Waals surface area contributed by atoms with Gasteiger partial charge in [-0.1, -0.05) is 165 Å². The summed E-state index contributed by atoms with van der Waals surface area (Å²) in [7, 11) is -8.66. The van der Waals surface area contributed by atoms with Gasteiger partial charge in [0, 0.05) is 6.07 Å². The Hall–Kier alpha value is -4.22. The van der Waals surface area contributed by atoms with E-state index in [0.717, 1.165) is 49.7 Å². The minimum Gasteiger partial charge on any atom is -0.490 e. The van der Waals surface area contributed by atoms with Gasteiger partial charge >= 0.3 is 0 Å². The molecule has 0 aliphatic carbocycles. The van der Waals surface area contributed by atoms with Gasteiger partial charge < -0.3 is 15.2 Å². The first-order valence-electron chi connectivity index (χ1n) is 22.9. The smallest absolute Gasteiger partial charge is 0.207 e. The maximum absolute atomic E-state index is 14.3. The molecule has 0 aliphatic rings. The maximum Gasteiger partial charge on any atom is 0.207 e. The number of nitrogen functional groups attached to an aromatic ring is 1. The van der Waals surface area contributed by atoms with Crippen molar-refractivity contribution in [2.24, 2.45) is 0 Å². The molecule has 0 amide bonds. The Bertz CT molecular complexity index is 2360. The van der Waals surface area contributed by atoms with Gasteiger partial charge in [-0.15, -0.1) is 0 Å². The molecule has 0 unspecified atom stereocenters. The minimum absolute atomic E-state index is 0.0253. The second-order valence-electron chi connectivity index (χ2n) is 16.7. The summed E-state index contributed by atoms with van der Waals surface area (Å²) in [5, 5.41) is 0. The maximum atomic E-state index is 14.3. The average molecular weight is 872 g/mol. The molecule has 0 spiro atoms. The molecule has 1 heterocycles. The Labute approximate surface area is 366 Å². The highest BCUT2D eigenvalue weighted by Gasteiger charge is 2.31. The van der Waals surface area contributed by atoms with Crippen molar-refractivity contribution in [3.63, 3.8) is 0 Å². The molecule has 0 fully saturated rings. The van der Waals surface area contributed by atoms with Crippen LogP contribution in [0.5, 0.6) is 11.5 Å². The summed E-state index contributed by atoms with van der Waals surface area (Å²) in [4.78, 5) is 8.90. The van der Waals surface area contributed by atoms with Crippen molar-refractivity contribution < 1.29 is 26.3 Å². The van der Waals surface area contributed by atoms with Crippen molar-refractivity contribution in [1.29, 1.82) is 0 Å². The van der Waals surface area contributed by atoms with E-state index in [1.54, 1.807) is 30.3 Å². The largest absolute Gasteiger partial charge is 0.490 e. The fourth-order valence-electron chi connectivity index (χ4n) is 7.71. The van der Waals surface area contributed by atoms with E-state index in [0.29, 0.717) is 35.7 Å². The van der Waals surface area contributed by atoms with E-state index in [9.17, 15) is 16.8 Å². The number of ether oxygens (including phenoxy) is 2. The molecular weight excluding hydrogens is 803 g/mol. The number of nitrogens with two attached hydrogens (primary N) is 1. The lowest BCUT2D eigenvalue weighted by atomic mass is 10.1. The molecule has 5 rings (SSSR count). The van der Waals surface area contributed by atoms with Crippen LogP contribution in [0.25, 0.3) is 22.1 Å². The predicted octanol–water partition coefficient (Wildman–Crippen LogP) is 13.2. The van der Waals surface area contributed by atoms with Gasteiger partial charge in [-0.25, -0.2) is 26.8 Å². The number of sulfone groups is 2. The van der Waals surface area contributed by atoms with Gasteiger partial charge in [0.15, 0.2) is 11.5 Å². The molecule has 0 bridgehead atoms. The van der Waals surface area contributed by atoms with Gasteiger partial charge in [0.1, 0.15) is 11.2 Å². The van der Waals surface area contributed by atoms with Crippen molar-refractivity contribution in [2.45, 2.75) is 176 Å². The van der Waals surface area contributed by atoms with Gasteiger partial charge in [-0.05, 0) is 63.1 Å². The number of aromatic nitrogens is 2. The summed E-state index contributed by atoms with van der Waals surface area (Å²) >= 11 is 0. The van der Waals surface area contributed by atoms with Crippen molar-refractivity contribution >= 4 is 47.4 Å². The Morgan fingerprint density at radius 2 is 0.852 bits per heavy atom.